The fraction of sp³-hybridized carbons (Fsp3) is 0.263. The Morgan fingerprint density at radius 3 is 2.15 bits per heavy atom. The van der Waals surface area contributed by atoms with Crippen molar-refractivity contribution in [3.63, 3.8) is 0 Å². The second kappa shape index (κ2) is 7.66. The molecule has 2 aromatic rings. The maximum atomic E-state index is 3.39. The third kappa shape index (κ3) is 4.07. The highest BCUT2D eigenvalue weighted by Crippen LogP contribution is 2.20. The van der Waals surface area contributed by atoms with Crippen LogP contribution in [0.3, 0.4) is 0 Å². The largest absolute Gasteiger partial charge is 0.313 e. The molecule has 20 heavy (non-hydrogen) atoms. The summed E-state index contributed by atoms with van der Waals surface area (Å²) in [7, 11) is 0. The van der Waals surface area contributed by atoms with Gasteiger partial charge in [-0.25, -0.2) is 0 Å². The quantitative estimate of drug-likeness (QED) is 0.794. The van der Waals surface area contributed by atoms with E-state index >= 15 is 0 Å². The van der Waals surface area contributed by atoms with Gasteiger partial charge in [-0.3, -0.25) is 0 Å². The van der Waals surface area contributed by atoms with E-state index in [2.05, 4.69) is 79.8 Å². The first-order valence-corrected chi connectivity index (χ1v) is 7.39. The van der Waals surface area contributed by atoms with E-state index in [-0.39, 0.29) is 0 Å². The van der Waals surface area contributed by atoms with Crippen molar-refractivity contribution in [2.75, 3.05) is 13.1 Å². The van der Waals surface area contributed by atoms with Crippen LogP contribution >= 0.6 is 0 Å². The zero-order valence-electron chi connectivity index (χ0n) is 12.4. The lowest BCUT2D eigenvalue weighted by Crippen LogP contribution is -2.15. The molecule has 0 aliphatic carbocycles. The van der Waals surface area contributed by atoms with Gasteiger partial charge in [0.2, 0.25) is 0 Å². The van der Waals surface area contributed by atoms with Crippen LogP contribution in [0.5, 0.6) is 0 Å². The highest BCUT2D eigenvalue weighted by molar-refractivity contribution is 5.66. The van der Waals surface area contributed by atoms with Crippen molar-refractivity contribution in [3.8, 4) is 11.1 Å². The molecule has 2 aromatic carbocycles. The van der Waals surface area contributed by atoms with Gasteiger partial charge >= 0.3 is 0 Å². The molecule has 1 heteroatoms. The van der Waals surface area contributed by atoms with Gasteiger partial charge in [0.1, 0.15) is 0 Å². The molecule has 1 nitrogen and oxygen atoms in total. The Balaban J connectivity index is 2.13. The summed E-state index contributed by atoms with van der Waals surface area (Å²) in [5.41, 5.74) is 5.26. The Bertz CT molecular complexity index is 538. The van der Waals surface area contributed by atoms with Crippen LogP contribution in [0.1, 0.15) is 25.8 Å². The predicted octanol–water partition coefficient (Wildman–Crippen LogP) is 4.76. The van der Waals surface area contributed by atoms with Crippen molar-refractivity contribution < 1.29 is 0 Å². The number of hydrogen-bond acceptors (Lipinski definition) is 1. The minimum atomic E-state index is 0.980. The predicted molar refractivity (Wildman–Crippen MR) is 88.7 cm³/mol. The van der Waals surface area contributed by atoms with Crippen LogP contribution in [0, 0.1) is 0 Å². The van der Waals surface area contributed by atoms with E-state index in [0.29, 0.717) is 0 Å². The topological polar surface area (TPSA) is 12.0 Å². The Kier molecular flexibility index (Phi) is 5.57. The Labute approximate surface area is 122 Å². The number of rotatable bonds is 6. The first-order chi connectivity index (χ1) is 9.83. The molecule has 0 saturated carbocycles. The van der Waals surface area contributed by atoms with E-state index in [0.717, 1.165) is 19.5 Å². The van der Waals surface area contributed by atoms with E-state index in [1.54, 1.807) is 0 Å². The van der Waals surface area contributed by atoms with Crippen LogP contribution in [0.4, 0.5) is 0 Å². The van der Waals surface area contributed by atoms with Gasteiger partial charge in [-0.1, -0.05) is 80.1 Å². The summed E-state index contributed by atoms with van der Waals surface area (Å²) in [6.45, 7) is 6.35. The van der Waals surface area contributed by atoms with Crippen LogP contribution in [0.2, 0.25) is 0 Å². The molecule has 0 saturated heterocycles. The fourth-order valence-corrected chi connectivity index (χ4v) is 2.20. The Hall–Kier alpha value is -1.86. The molecule has 0 radical (unpaired) electrons. The van der Waals surface area contributed by atoms with E-state index in [9.17, 15) is 0 Å². The maximum Gasteiger partial charge on any atom is 0.0167 e. The summed E-state index contributed by atoms with van der Waals surface area (Å²) >= 11 is 0. The van der Waals surface area contributed by atoms with Gasteiger partial charge in [-0.2, -0.15) is 0 Å². The molecule has 0 aromatic heterocycles. The van der Waals surface area contributed by atoms with Gasteiger partial charge in [-0.15, -0.1) is 0 Å². The molecular weight excluding hydrogens is 242 g/mol. The number of benzene rings is 2. The smallest absolute Gasteiger partial charge is 0.0167 e. The summed E-state index contributed by atoms with van der Waals surface area (Å²) in [4.78, 5) is 0. The van der Waals surface area contributed by atoms with Crippen molar-refractivity contribution in [1.82, 2.24) is 5.32 Å². The van der Waals surface area contributed by atoms with Gasteiger partial charge in [0.15, 0.2) is 0 Å². The van der Waals surface area contributed by atoms with E-state index in [1.807, 2.05) is 0 Å². The Morgan fingerprint density at radius 1 is 0.900 bits per heavy atom. The lowest BCUT2D eigenvalue weighted by atomic mass is 10.0. The summed E-state index contributed by atoms with van der Waals surface area (Å²) in [5, 5.41) is 3.39. The van der Waals surface area contributed by atoms with Gasteiger partial charge in [0, 0.05) is 6.54 Å². The monoisotopic (exact) mass is 265 g/mol. The molecule has 0 heterocycles. The second-order valence-corrected chi connectivity index (χ2v) is 4.92. The van der Waals surface area contributed by atoms with Gasteiger partial charge in [0.25, 0.3) is 0 Å². The van der Waals surface area contributed by atoms with E-state index < -0.39 is 0 Å². The summed E-state index contributed by atoms with van der Waals surface area (Å²) in [5.74, 6) is 0. The van der Waals surface area contributed by atoms with Crippen LogP contribution in [-0.4, -0.2) is 13.1 Å². The molecule has 0 amide bonds. The standard InChI is InChI=1S/C19H23N/c1-3-16(15-20-4-2)14-17-10-12-19(13-11-17)18-8-6-5-7-9-18/h5-14,20H,3-4,15H2,1-2H3. The molecular formula is C19H23N. The highest BCUT2D eigenvalue weighted by Gasteiger charge is 1.98. The average Bonchev–Trinajstić information content (AvgIpc) is 2.53. The third-order valence-corrected chi connectivity index (χ3v) is 3.44. The molecule has 0 unspecified atom stereocenters. The van der Waals surface area contributed by atoms with Crippen molar-refractivity contribution in [3.05, 3.63) is 65.7 Å². The number of likely N-dealkylation sites (N-methyl/N-ethyl adjacent to an activating group) is 1. The number of hydrogen-bond donors (Lipinski definition) is 1. The first-order valence-electron chi connectivity index (χ1n) is 7.39. The van der Waals surface area contributed by atoms with Crippen LogP contribution in [0.15, 0.2) is 60.2 Å². The van der Waals surface area contributed by atoms with Crippen molar-refractivity contribution >= 4 is 6.08 Å². The van der Waals surface area contributed by atoms with Crippen LogP contribution in [0.25, 0.3) is 17.2 Å². The maximum absolute atomic E-state index is 3.39. The van der Waals surface area contributed by atoms with Gasteiger partial charge in [-0.05, 0) is 29.7 Å². The highest BCUT2D eigenvalue weighted by atomic mass is 14.8. The average molecular weight is 265 g/mol. The third-order valence-electron chi connectivity index (χ3n) is 3.44. The molecule has 0 bridgehead atoms. The molecule has 0 atom stereocenters. The molecule has 0 aliphatic heterocycles. The fourth-order valence-electron chi connectivity index (χ4n) is 2.20. The van der Waals surface area contributed by atoms with Crippen LogP contribution in [-0.2, 0) is 0 Å². The summed E-state index contributed by atoms with van der Waals surface area (Å²) < 4.78 is 0. The zero-order valence-corrected chi connectivity index (χ0v) is 12.4. The first kappa shape index (κ1) is 14.5. The van der Waals surface area contributed by atoms with Crippen molar-refractivity contribution in [2.45, 2.75) is 20.3 Å². The molecule has 0 fully saturated rings. The minimum Gasteiger partial charge on any atom is -0.313 e. The molecule has 0 aliphatic rings. The van der Waals surface area contributed by atoms with Crippen LogP contribution < -0.4 is 5.32 Å². The van der Waals surface area contributed by atoms with E-state index in [4.69, 9.17) is 0 Å². The molecule has 0 spiro atoms. The SMILES string of the molecule is CCNCC(=Cc1ccc(-c2ccccc2)cc1)CC. The number of nitrogens with one attached hydrogen (secondary N) is 1. The normalized spacial score (nSPS) is 11.6. The summed E-state index contributed by atoms with van der Waals surface area (Å²) in [6.07, 6.45) is 3.38. The summed E-state index contributed by atoms with van der Waals surface area (Å²) in [6, 6.07) is 19.3. The van der Waals surface area contributed by atoms with E-state index in [1.165, 1.54) is 22.3 Å². The van der Waals surface area contributed by atoms with Gasteiger partial charge in [0.05, 0.1) is 0 Å². The lowest BCUT2D eigenvalue weighted by Gasteiger charge is -2.06. The molecule has 2 rings (SSSR count). The minimum absolute atomic E-state index is 0.980. The second-order valence-electron chi connectivity index (χ2n) is 4.92. The Morgan fingerprint density at radius 2 is 1.55 bits per heavy atom. The van der Waals surface area contributed by atoms with Gasteiger partial charge < -0.3 is 5.32 Å². The zero-order chi connectivity index (χ0) is 14.2. The molecule has 1 N–H and O–H groups in total. The van der Waals surface area contributed by atoms with Crippen molar-refractivity contribution in [1.29, 1.82) is 0 Å². The molecule has 104 valence electrons. The lowest BCUT2D eigenvalue weighted by molar-refractivity contribution is 0.762. The van der Waals surface area contributed by atoms with Crippen molar-refractivity contribution in [2.24, 2.45) is 0 Å².